The molecule has 2 atom stereocenters. The van der Waals surface area contributed by atoms with Crippen molar-refractivity contribution in [2.75, 3.05) is 39.4 Å². The molecule has 20 heavy (non-hydrogen) atoms. The van der Waals surface area contributed by atoms with Gasteiger partial charge >= 0.3 is 0 Å². The number of aromatic nitrogens is 2. The van der Waals surface area contributed by atoms with Gasteiger partial charge in [-0.05, 0) is 25.3 Å². The van der Waals surface area contributed by atoms with E-state index in [9.17, 15) is 0 Å². The highest BCUT2D eigenvalue weighted by atomic mass is 35.5. The van der Waals surface area contributed by atoms with Crippen molar-refractivity contribution in [3.8, 4) is 0 Å². The molecule has 2 fully saturated rings. The number of aryl methyl sites for hydroxylation is 1. The fourth-order valence-electron chi connectivity index (χ4n) is 3.13. The molecule has 0 saturated carbocycles. The molecule has 2 saturated heterocycles. The minimum absolute atomic E-state index is 0. The van der Waals surface area contributed by atoms with Gasteiger partial charge in [0.1, 0.15) is 5.82 Å². The third-order valence-corrected chi connectivity index (χ3v) is 4.36. The zero-order chi connectivity index (χ0) is 13.1. The van der Waals surface area contributed by atoms with E-state index in [-0.39, 0.29) is 12.4 Å². The van der Waals surface area contributed by atoms with Crippen LogP contribution in [0, 0.1) is 5.92 Å². The van der Waals surface area contributed by atoms with Gasteiger partial charge in [0.15, 0.2) is 0 Å². The lowest BCUT2D eigenvalue weighted by molar-refractivity contribution is 0.136. The van der Waals surface area contributed by atoms with Crippen molar-refractivity contribution in [3.05, 3.63) is 18.2 Å². The van der Waals surface area contributed by atoms with Crippen LogP contribution in [0.2, 0.25) is 0 Å². The average Bonchev–Trinajstić information content (AvgIpc) is 3.08. The molecule has 1 aromatic heterocycles. The highest BCUT2D eigenvalue weighted by molar-refractivity contribution is 5.85. The first kappa shape index (κ1) is 15.8. The van der Waals surface area contributed by atoms with Gasteiger partial charge in [0.25, 0.3) is 0 Å². The Morgan fingerprint density at radius 3 is 3.10 bits per heavy atom. The highest BCUT2D eigenvalue weighted by Gasteiger charge is 2.27. The zero-order valence-corrected chi connectivity index (χ0v) is 12.9. The van der Waals surface area contributed by atoms with E-state index in [1.54, 1.807) is 0 Å². The van der Waals surface area contributed by atoms with Gasteiger partial charge in [-0.15, -0.1) is 12.4 Å². The lowest BCUT2D eigenvalue weighted by atomic mass is 10.0. The largest absolute Gasteiger partial charge is 0.381 e. The molecule has 0 amide bonds. The summed E-state index contributed by atoms with van der Waals surface area (Å²) in [5, 5.41) is 3.49. The SMILES string of the molecule is Cl.Cn1ccnc1C1CNCCN1CCC1CCOC1. The summed E-state index contributed by atoms with van der Waals surface area (Å²) >= 11 is 0. The monoisotopic (exact) mass is 300 g/mol. The lowest BCUT2D eigenvalue weighted by Crippen LogP contribution is -2.47. The molecule has 0 spiro atoms. The van der Waals surface area contributed by atoms with Crippen molar-refractivity contribution in [1.29, 1.82) is 0 Å². The van der Waals surface area contributed by atoms with Crippen LogP contribution in [0.15, 0.2) is 12.4 Å². The molecule has 0 aromatic carbocycles. The number of hydrogen-bond donors (Lipinski definition) is 1. The van der Waals surface area contributed by atoms with Crippen LogP contribution in [0.3, 0.4) is 0 Å². The van der Waals surface area contributed by atoms with E-state index in [1.807, 2.05) is 12.4 Å². The van der Waals surface area contributed by atoms with E-state index < -0.39 is 0 Å². The normalized spacial score (nSPS) is 27.4. The third-order valence-electron chi connectivity index (χ3n) is 4.36. The first-order chi connectivity index (χ1) is 9.34. The predicted molar refractivity (Wildman–Crippen MR) is 81.2 cm³/mol. The van der Waals surface area contributed by atoms with E-state index >= 15 is 0 Å². The number of rotatable bonds is 4. The second kappa shape index (κ2) is 7.41. The van der Waals surface area contributed by atoms with E-state index in [4.69, 9.17) is 4.74 Å². The Morgan fingerprint density at radius 2 is 2.40 bits per heavy atom. The smallest absolute Gasteiger partial charge is 0.127 e. The van der Waals surface area contributed by atoms with Crippen LogP contribution in [0.25, 0.3) is 0 Å². The molecule has 6 heteroatoms. The fraction of sp³-hybridized carbons (Fsp3) is 0.786. The molecule has 3 heterocycles. The summed E-state index contributed by atoms with van der Waals surface area (Å²) in [6.07, 6.45) is 6.42. The average molecular weight is 301 g/mol. The second-order valence-corrected chi connectivity index (χ2v) is 5.67. The maximum atomic E-state index is 5.47. The topological polar surface area (TPSA) is 42.3 Å². The number of halogens is 1. The Bertz CT molecular complexity index is 406. The zero-order valence-electron chi connectivity index (χ0n) is 12.1. The minimum Gasteiger partial charge on any atom is -0.381 e. The highest BCUT2D eigenvalue weighted by Crippen LogP contribution is 2.23. The number of piperazine rings is 1. The van der Waals surface area contributed by atoms with Gasteiger partial charge in [0, 0.05) is 52.3 Å². The Labute approximate surface area is 127 Å². The van der Waals surface area contributed by atoms with Gasteiger partial charge in [-0.3, -0.25) is 4.90 Å². The molecule has 2 aliphatic rings. The lowest BCUT2D eigenvalue weighted by Gasteiger charge is -2.36. The summed E-state index contributed by atoms with van der Waals surface area (Å²) in [7, 11) is 2.08. The van der Waals surface area contributed by atoms with Crippen LogP contribution in [0.5, 0.6) is 0 Å². The Morgan fingerprint density at radius 1 is 1.50 bits per heavy atom. The third kappa shape index (κ3) is 3.52. The van der Waals surface area contributed by atoms with Crippen LogP contribution in [-0.4, -0.2) is 53.8 Å². The van der Waals surface area contributed by atoms with Gasteiger partial charge in [-0.1, -0.05) is 0 Å². The van der Waals surface area contributed by atoms with Gasteiger partial charge in [-0.2, -0.15) is 0 Å². The van der Waals surface area contributed by atoms with Gasteiger partial charge in [-0.25, -0.2) is 4.98 Å². The number of nitrogens with one attached hydrogen (secondary N) is 1. The molecule has 1 N–H and O–H groups in total. The second-order valence-electron chi connectivity index (χ2n) is 5.67. The molecule has 2 aliphatic heterocycles. The number of ether oxygens (including phenoxy) is 1. The molecular weight excluding hydrogens is 276 g/mol. The van der Waals surface area contributed by atoms with Crippen molar-refractivity contribution in [2.24, 2.45) is 13.0 Å². The van der Waals surface area contributed by atoms with Gasteiger partial charge in [0.2, 0.25) is 0 Å². The summed E-state index contributed by atoms with van der Waals surface area (Å²) < 4.78 is 7.61. The van der Waals surface area contributed by atoms with E-state index in [0.29, 0.717) is 6.04 Å². The number of hydrogen-bond acceptors (Lipinski definition) is 4. The van der Waals surface area contributed by atoms with E-state index in [1.165, 1.54) is 18.7 Å². The fourth-order valence-corrected chi connectivity index (χ4v) is 3.13. The molecule has 5 nitrogen and oxygen atoms in total. The van der Waals surface area contributed by atoms with Crippen LogP contribution in [0.1, 0.15) is 24.7 Å². The van der Waals surface area contributed by atoms with Crippen molar-refractivity contribution < 1.29 is 4.74 Å². The first-order valence-electron chi connectivity index (χ1n) is 7.34. The van der Waals surface area contributed by atoms with Crippen LogP contribution >= 0.6 is 12.4 Å². The van der Waals surface area contributed by atoms with E-state index in [2.05, 4.69) is 26.8 Å². The predicted octanol–water partition coefficient (Wildman–Crippen LogP) is 1.21. The number of imidazole rings is 1. The van der Waals surface area contributed by atoms with Crippen LogP contribution < -0.4 is 5.32 Å². The molecule has 0 aliphatic carbocycles. The Balaban J connectivity index is 0.00000147. The summed E-state index contributed by atoms with van der Waals surface area (Å²) in [6, 6.07) is 0.413. The van der Waals surface area contributed by atoms with Crippen LogP contribution in [-0.2, 0) is 11.8 Å². The molecule has 0 bridgehead atoms. The van der Waals surface area contributed by atoms with Crippen molar-refractivity contribution in [2.45, 2.75) is 18.9 Å². The molecule has 3 rings (SSSR count). The summed E-state index contributed by atoms with van der Waals surface area (Å²) in [4.78, 5) is 7.11. The van der Waals surface area contributed by atoms with Crippen LogP contribution in [0.4, 0.5) is 0 Å². The van der Waals surface area contributed by atoms with Crippen molar-refractivity contribution >= 4 is 12.4 Å². The first-order valence-corrected chi connectivity index (χ1v) is 7.34. The Hall–Kier alpha value is -0.620. The van der Waals surface area contributed by atoms with Crippen molar-refractivity contribution in [3.63, 3.8) is 0 Å². The standard InChI is InChI=1S/C14H24N4O.ClH/c1-17-7-5-16-14(17)13-10-15-4-8-18(13)6-2-12-3-9-19-11-12;/h5,7,12-13,15H,2-4,6,8-11H2,1H3;1H. The molecule has 0 radical (unpaired) electrons. The maximum Gasteiger partial charge on any atom is 0.127 e. The van der Waals surface area contributed by atoms with E-state index in [0.717, 1.165) is 45.3 Å². The van der Waals surface area contributed by atoms with Gasteiger partial charge in [0.05, 0.1) is 6.04 Å². The van der Waals surface area contributed by atoms with Gasteiger partial charge < -0.3 is 14.6 Å². The quantitative estimate of drug-likeness (QED) is 0.908. The number of nitrogens with zero attached hydrogens (tertiary/aromatic N) is 3. The summed E-state index contributed by atoms with van der Waals surface area (Å²) in [5.41, 5.74) is 0. The molecule has 1 aromatic rings. The van der Waals surface area contributed by atoms with Crippen molar-refractivity contribution in [1.82, 2.24) is 19.8 Å². The Kier molecular flexibility index (Phi) is 5.84. The molecular formula is C14H25ClN4O. The molecule has 114 valence electrons. The molecule has 2 unspecified atom stereocenters. The minimum atomic E-state index is 0. The summed E-state index contributed by atoms with van der Waals surface area (Å²) in [5.74, 6) is 1.94. The summed E-state index contributed by atoms with van der Waals surface area (Å²) in [6.45, 7) is 6.28. The maximum absolute atomic E-state index is 5.47.